The van der Waals surface area contributed by atoms with Gasteiger partial charge in [-0.15, -0.1) is 5.92 Å². The van der Waals surface area contributed by atoms with Crippen molar-refractivity contribution in [2.24, 2.45) is 5.73 Å². The summed E-state index contributed by atoms with van der Waals surface area (Å²) < 4.78 is 5.23. The van der Waals surface area contributed by atoms with Crippen molar-refractivity contribution in [3.8, 4) is 11.8 Å². The molecule has 0 aliphatic carbocycles. The number of nitrogens with two attached hydrogens (primary N) is 1. The van der Waals surface area contributed by atoms with E-state index in [0.29, 0.717) is 6.54 Å². The summed E-state index contributed by atoms with van der Waals surface area (Å²) in [6, 6.07) is 0. The van der Waals surface area contributed by atoms with Gasteiger partial charge >= 0.3 is 0 Å². The summed E-state index contributed by atoms with van der Waals surface area (Å²) in [5.41, 5.74) is 5.24. The van der Waals surface area contributed by atoms with Gasteiger partial charge in [0, 0.05) is 26.1 Å². The first-order valence-electron chi connectivity index (χ1n) is 4.39. The quantitative estimate of drug-likeness (QED) is 0.574. The van der Waals surface area contributed by atoms with Crippen molar-refractivity contribution in [3.63, 3.8) is 0 Å². The maximum Gasteiger partial charge on any atom is 0.0594 e. The van der Waals surface area contributed by atoms with E-state index in [4.69, 9.17) is 10.5 Å². The minimum absolute atomic E-state index is 0.475. The molecule has 68 valence electrons. The topological polar surface area (TPSA) is 38.5 Å². The smallest absolute Gasteiger partial charge is 0.0594 e. The molecule has 0 radical (unpaired) electrons. The zero-order valence-electron chi connectivity index (χ0n) is 7.38. The number of morpholine rings is 1. The summed E-state index contributed by atoms with van der Waals surface area (Å²) in [5, 5.41) is 0. The van der Waals surface area contributed by atoms with Crippen LogP contribution in [0.25, 0.3) is 0 Å². The fourth-order valence-corrected chi connectivity index (χ4v) is 1.20. The van der Waals surface area contributed by atoms with Gasteiger partial charge in [0.05, 0.1) is 19.8 Å². The molecule has 3 nitrogen and oxygen atoms in total. The number of hydrogen-bond donors (Lipinski definition) is 1. The van der Waals surface area contributed by atoms with Gasteiger partial charge in [-0.05, 0) is 0 Å². The zero-order chi connectivity index (χ0) is 8.65. The zero-order valence-corrected chi connectivity index (χ0v) is 7.38. The first-order chi connectivity index (χ1) is 5.93. The molecule has 1 aliphatic heterocycles. The van der Waals surface area contributed by atoms with Crippen LogP contribution in [0.1, 0.15) is 6.42 Å². The summed E-state index contributed by atoms with van der Waals surface area (Å²) in [5.74, 6) is 5.88. The third kappa shape index (κ3) is 3.72. The Morgan fingerprint density at radius 1 is 1.25 bits per heavy atom. The molecule has 1 rings (SSSR count). The van der Waals surface area contributed by atoms with Crippen molar-refractivity contribution in [2.75, 3.05) is 39.4 Å². The lowest BCUT2D eigenvalue weighted by Gasteiger charge is -2.25. The minimum atomic E-state index is 0.475. The largest absolute Gasteiger partial charge is 0.379 e. The van der Waals surface area contributed by atoms with Crippen molar-refractivity contribution in [2.45, 2.75) is 6.42 Å². The molecular weight excluding hydrogens is 152 g/mol. The third-order valence-corrected chi connectivity index (χ3v) is 1.88. The molecule has 3 heteroatoms. The van der Waals surface area contributed by atoms with Crippen LogP contribution >= 0.6 is 0 Å². The summed E-state index contributed by atoms with van der Waals surface area (Å²) in [6.45, 7) is 5.35. The average Bonchev–Trinajstić information content (AvgIpc) is 2.14. The molecular formula is C9H16N2O. The van der Waals surface area contributed by atoms with Gasteiger partial charge < -0.3 is 10.5 Å². The van der Waals surface area contributed by atoms with Crippen LogP contribution in [0.4, 0.5) is 0 Å². The molecule has 1 aliphatic rings. The van der Waals surface area contributed by atoms with Gasteiger partial charge in [-0.25, -0.2) is 0 Å². The molecule has 2 N–H and O–H groups in total. The molecule has 0 bridgehead atoms. The van der Waals surface area contributed by atoms with Gasteiger partial charge in [-0.3, -0.25) is 4.90 Å². The van der Waals surface area contributed by atoms with Gasteiger partial charge in [-0.2, -0.15) is 0 Å². The highest BCUT2D eigenvalue weighted by Crippen LogP contribution is 1.96. The Morgan fingerprint density at radius 2 is 2.00 bits per heavy atom. The molecule has 0 aromatic carbocycles. The molecule has 1 heterocycles. The normalized spacial score (nSPS) is 18.4. The number of rotatable bonds is 2. The molecule has 0 aromatic heterocycles. The minimum Gasteiger partial charge on any atom is -0.379 e. The molecule has 0 spiro atoms. The van der Waals surface area contributed by atoms with Crippen LogP contribution in [0.3, 0.4) is 0 Å². The van der Waals surface area contributed by atoms with Gasteiger partial charge in [0.2, 0.25) is 0 Å². The summed E-state index contributed by atoms with van der Waals surface area (Å²) in [7, 11) is 0. The van der Waals surface area contributed by atoms with E-state index in [1.54, 1.807) is 0 Å². The predicted octanol–water partition coefficient (Wildman–Crippen LogP) is -0.329. The molecule has 0 unspecified atom stereocenters. The van der Waals surface area contributed by atoms with Crippen LogP contribution in [0.2, 0.25) is 0 Å². The highest BCUT2D eigenvalue weighted by atomic mass is 16.5. The van der Waals surface area contributed by atoms with Gasteiger partial charge in [-0.1, -0.05) is 5.92 Å². The Bertz CT molecular complexity index is 165. The Labute approximate surface area is 73.9 Å². The number of nitrogens with zero attached hydrogens (tertiary/aromatic N) is 1. The third-order valence-electron chi connectivity index (χ3n) is 1.88. The standard InChI is InChI=1S/C9H16N2O/c10-4-2-1-3-5-11-6-8-12-9-7-11/h3-10H2. The van der Waals surface area contributed by atoms with Crippen LogP contribution < -0.4 is 5.73 Å². The lowest BCUT2D eigenvalue weighted by molar-refractivity contribution is 0.0390. The molecule has 0 saturated carbocycles. The average molecular weight is 168 g/mol. The second-order valence-electron chi connectivity index (χ2n) is 2.76. The number of ether oxygens (including phenoxy) is 1. The van der Waals surface area contributed by atoms with E-state index >= 15 is 0 Å². The Morgan fingerprint density at radius 3 is 2.67 bits per heavy atom. The lowest BCUT2D eigenvalue weighted by atomic mass is 10.3. The first-order valence-corrected chi connectivity index (χ1v) is 4.39. The highest BCUT2D eigenvalue weighted by Gasteiger charge is 2.07. The summed E-state index contributed by atoms with van der Waals surface area (Å²) in [6.07, 6.45) is 0.928. The van der Waals surface area contributed by atoms with Gasteiger partial charge in [0.15, 0.2) is 0 Å². The Balaban J connectivity index is 2.05. The number of hydrogen-bond acceptors (Lipinski definition) is 3. The van der Waals surface area contributed by atoms with E-state index in [0.717, 1.165) is 39.3 Å². The van der Waals surface area contributed by atoms with E-state index in [1.165, 1.54) is 0 Å². The van der Waals surface area contributed by atoms with Gasteiger partial charge in [0.1, 0.15) is 0 Å². The summed E-state index contributed by atoms with van der Waals surface area (Å²) >= 11 is 0. The van der Waals surface area contributed by atoms with E-state index < -0.39 is 0 Å². The predicted molar refractivity (Wildman–Crippen MR) is 48.7 cm³/mol. The van der Waals surface area contributed by atoms with Crippen LogP contribution in [0.5, 0.6) is 0 Å². The SMILES string of the molecule is NCC#CCCN1CCOCC1. The maximum atomic E-state index is 5.24. The van der Waals surface area contributed by atoms with E-state index in [-0.39, 0.29) is 0 Å². The monoisotopic (exact) mass is 168 g/mol. The second-order valence-corrected chi connectivity index (χ2v) is 2.76. The summed E-state index contributed by atoms with van der Waals surface area (Å²) in [4.78, 5) is 2.37. The highest BCUT2D eigenvalue weighted by molar-refractivity contribution is 5.00. The fraction of sp³-hybridized carbons (Fsp3) is 0.778. The molecule has 0 aromatic rings. The fourth-order valence-electron chi connectivity index (χ4n) is 1.20. The van der Waals surface area contributed by atoms with E-state index in [9.17, 15) is 0 Å². The van der Waals surface area contributed by atoms with Gasteiger partial charge in [0.25, 0.3) is 0 Å². The van der Waals surface area contributed by atoms with Crippen molar-refractivity contribution < 1.29 is 4.74 Å². The Hall–Kier alpha value is -0.560. The second kappa shape index (κ2) is 6.01. The molecule has 12 heavy (non-hydrogen) atoms. The Kier molecular flexibility index (Phi) is 4.77. The maximum absolute atomic E-state index is 5.24. The lowest BCUT2D eigenvalue weighted by Crippen LogP contribution is -2.36. The molecule has 1 saturated heterocycles. The van der Waals surface area contributed by atoms with Crippen LogP contribution in [-0.2, 0) is 4.74 Å². The molecule has 0 amide bonds. The van der Waals surface area contributed by atoms with E-state index in [1.807, 2.05) is 0 Å². The van der Waals surface area contributed by atoms with Crippen LogP contribution in [-0.4, -0.2) is 44.3 Å². The van der Waals surface area contributed by atoms with Crippen molar-refractivity contribution >= 4 is 0 Å². The van der Waals surface area contributed by atoms with Crippen molar-refractivity contribution in [3.05, 3.63) is 0 Å². The van der Waals surface area contributed by atoms with Crippen LogP contribution in [0, 0.1) is 11.8 Å². The van der Waals surface area contributed by atoms with Crippen LogP contribution in [0.15, 0.2) is 0 Å². The molecule has 1 fully saturated rings. The van der Waals surface area contributed by atoms with Crippen molar-refractivity contribution in [1.82, 2.24) is 4.90 Å². The first kappa shape index (κ1) is 9.53. The van der Waals surface area contributed by atoms with E-state index in [2.05, 4.69) is 16.7 Å². The van der Waals surface area contributed by atoms with Crippen molar-refractivity contribution in [1.29, 1.82) is 0 Å². The molecule has 0 atom stereocenters.